The average Bonchev–Trinajstić information content (AvgIpc) is 2.82. The van der Waals surface area contributed by atoms with E-state index in [-0.39, 0.29) is 18.1 Å². The summed E-state index contributed by atoms with van der Waals surface area (Å²) in [6, 6.07) is 7.15. The Morgan fingerprint density at radius 1 is 1.25 bits per heavy atom. The van der Waals surface area contributed by atoms with Crippen LogP contribution >= 0.6 is 0 Å². The van der Waals surface area contributed by atoms with Crippen LogP contribution in [0.3, 0.4) is 0 Å². The monoisotopic (exact) mass is 276 g/mol. The summed E-state index contributed by atoms with van der Waals surface area (Å²) in [4.78, 5) is 11.6. The Hall–Kier alpha value is -2.50. The van der Waals surface area contributed by atoms with Gasteiger partial charge < -0.3 is 14.6 Å². The second kappa shape index (κ2) is 6.10. The zero-order valence-corrected chi connectivity index (χ0v) is 11.4. The Morgan fingerprint density at radius 3 is 2.55 bits per heavy atom. The maximum absolute atomic E-state index is 11.6. The van der Waals surface area contributed by atoms with Gasteiger partial charge in [-0.2, -0.15) is 5.10 Å². The first-order valence-electron chi connectivity index (χ1n) is 6.34. The zero-order valence-electron chi connectivity index (χ0n) is 11.4. The normalized spacial score (nSPS) is 10.3. The van der Waals surface area contributed by atoms with Crippen molar-refractivity contribution in [1.29, 1.82) is 0 Å². The van der Waals surface area contributed by atoms with Crippen LogP contribution in [0.1, 0.15) is 24.3 Å². The van der Waals surface area contributed by atoms with Gasteiger partial charge in [0.05, 0.1) is 25.1 Å². The lowest BCUT2D eigenvalue weighted by Gasteiger charge is -2.04. The highest BCUT2D eigenvalue weighted by molar-refractivity contribution is 5.90. The molecule has 6 nitrogen and oxygen atoms in total. The SMILES string of the molecule is CCOC(=O)c1nn(-c2ccc(OCC)cc2)cc1O. The van der Waals surface area contributed by atoms with Crippen molar-refractivity contribution in [3.05, 3.63) is 36.2 Å². The molecule has 0 spiro atoms. The van der Waals surface area contributed by atoms with Gasteiger partial charge in [-0.05, 0) is 38.1 Å². The zero-order chi connectivity index (χ0) is 14.5. The molecule has 0 fully saturated rings. The van der Waals surface area contributed by atoms with Gasteiger partial charge in [0, 0.05) is 0 Å². The molecule has 2 rings (SSSR count). The van der Waals surface area contributed by atoms with Crippen molar-refractivity contribution in [2.24, 2.45) is 0 Å². The Balaban J connectivity index is 2.25. The van der Waals surface area contributed by atoms with Gasteiger partial charge in [-0.3, -0.25) is 0 Å². The second-order valence-corrected chi connectivity index (χ2v) is 3.95. The molecule has 2 aromatic rings. The Bertz CT molecular complexity index is 590. The van der Waals surface area contributed by atoms with Crippen molar-refractivity contribution >= 4 is 5.97 Å². The van der Waals surface area contributed by atoms with E-state index in [2.05, 4.69) is 5.10 Å². The molecule has 106 valence electrons. The van der Waals surface area contributed by atoms with E-state index >= 15 is 0 Å². The lowest BCUT2D eigenvalue weighted by Crippen LogP contribution is -2.06. The molecule has 0 saturated carbocycles. The second-order valence-electron chi connectivity index (χ2n) is 3.95. The Labute approximate surface area is 116 Å². The summed E-state index contributed by atoms with van der Waals surface area (Å²) in [7, 11) is 0. The highest BCUT2D eigenvalue weighted by Gasteiger charge is 2.18. The van der Waals surface area contributed by atoms with Gasteiger partial charge in [0.15, 0.2) is 5.75 Å². The molecule has 0 aliphatic heterocycles. The van der Waals surface area contributed by atoms with Gasteiger partial charge in [-0.1, -0.05) is 0 Å². The maximum atomic E-state index is 11.6. The van der Waals surface area contributed by atoms with E-state index < -0.39 is 5.97 Å². The lowest BCUT2D eigenvalue weighted by atomic mass is 10.3. The molecule has 1 heterocycles. The van der Waals surface area contributed by atoms with Crippen molar-refractivity contribution in [2.75, 3.05) is 13.2 Å². The molecule has 0 atom stereocenters. The number of aromatic hydroxyl groups is 1. The van der Waals surface area contributed by atoms with Gasteiger partial charge in [-0.25, -0.2) is 9.48 Å². The number of carbonyl (C=O) groups is 1. The van der Waals surface area contributed by atoms with Crippen molar-refractivity contribution in [3.63, 3.8) is 0 Å². The van der Waals surface area contributed by atoms with Crippen LogP contribution < -0.4 is 4.74 Å². The minimum atomic E-state index is -0.644. The van der Waals surface area contributed by atoms with E-state index in [1.54, 1.807) is 31.2 Å². The van der Waals surface area contributed by atoms with Gasteiger partial charge >= 0.3 is 5.97 Å². The third-order valence-electron chi connectivity index (χ3n) is 2.58. The van der Waals surface area contributed by atoms with E-state index in [1.165, 1.54) is 10.9 Å². The van der Waals surface area contributed by atoms with Crippen LogP contribution in [0, 0.1) is 0 Å². The standard InChI is InChI=1S/C14H16N2O4/c1-3-19-11-7-5-10(6-8-11)16-9-12(17)13(15-16)14(18)20-4-2/h5-9,17H,3-4H2,1-2H3. The van der Waals surface area contributed by atoms with E-state index in [9.17, 15) is 9.90 Å². The Kier molecular flexibility index (Phi) is 4.24. The van der Waals surface area contributed by atoms with E-state index in [0.29, 0.717) is 12.3 Å². The first-order valence-corrected chi connectivity index (χ1v) is 6.34. The number of carbonyl (C=O) groups excluding carboxylic acids is 1. The summed E-state index contributed by atoms with van der Waals surface area (Å²) >= 11 is 0. The van der Waals surface area contributed by atoms with E-state index in [0.717, 1.165) is 5.75 Å². The van der Waals surface area contributed by atoms with E-state index in [4.69, 9.17) is 9.47 Å². The molecule has 0 bridgehead atoms. The van der Waals surface area contributed by atoms with Crippen LogP contribution in [0.2, 0.25) is 0 Å². The molecule has 1 aromatic heterocycles. The lowest BCUT2D eigenvalue weighted by molar-refractivity contribution is 0.0515. The topological polar surface area (TPSA) is 73.6 Å². The molecule has 0 aliphatic rings. The highest BCUT2D eigenvalue weighted by atomic mass is 16.5. The first kappa shape index (κ1) is 13.9. The van der Waals surface area contributed by atoms with Crippen LogP contribution in [0.5, 0.6) is 11.5 Å². The van der Waals surface area contributed by atoms with Crippen molar-refractivity contribution in [2.45, 2.75) is 13.8 Å². The number of hydrogen-bond acceptors (Lipinski definition) is 5. The minimum absolute atomic E-state index is 0.0965. The molecular weight excluding hydrogens is 260 g/mol. The van der Waals surface area contributed by atoms with Gasteiger partial charge in [0.25, 0.3) is 0 Å². The number of benzene rings is 1. The van der Waals surface area contributed by atoms with Crippen LogP contribution in [0.25, 0.3) is 5.69 Å². The molecule has 20 heavy (non-hydrogen) atoms. The molecule has 0 radical (unpaired) electrons. The predicted molar refractivity (Wildman–Crippen MR) is 72.4 cm³/mol. The first-order chi connectivity index (χ1) is 9.65. The molecule has 1 N–H and O–H groups in total. The maximum Gasteiger partial charge on any atom is 0.362 e. The van der Waals surface area contributed by atoms with Crippen LogP contribution in [0.4, 0.5) is 0 Å². The summed E-state index contributed by atoms with van der Waals surface area (Å²) in [5.74, 6) is -0.106. The third-order valence-corrected chi connectivity index (χ3v) is 2.58. The fraction of sp³-hybridized carbons (Fsp3) is 0.286. The third kappa shape index (κ3) is 2.90. The number of nitrogens with zero attached hydrogens (tertiary/aromatic N) is 2. The molecule has 0 aliphatic carbocycles. The summed E-state index contributed by atoms with van der Waals surface area (Å²) in [6.07, 6.45) is 1.36. The molecule has 0 amide bonds. The fourth-order valence-electron chi connectivity index (χ4n) is 1.70. The average molecular weight is 276 g/mol. The van der Waals surface area contributed by atoms with Crippen LogP contribution in [-0.2, 0) is 4.74 Å². The van der Waals surface area contributed by atoms with Crippen molar-refractivity contribution in [3.8, 4) is 17.2 Å². The summed E-state index contributed by atoms with van der Waals surface area (Å²) in [6.45, 7) is 4.42. The van der Waals surface area contributed by atoms with Crippen LogP contribution in [0.15, 0.2) is 30.5 Å². The number of hydrogen-bond donors (Lipinski definition) is 1. The molecule has 1 aromatic carbocycles. The molecule has 0 saturated heterocycles. The fourth-order valence-corrected chi connectivity index (χ4v) is 1.70. The molecule has 0 unspecified atom stereocenters. The van der Waals surface area contributed by atoms with Gasteiger partial charge in [0.2, 0.25) is 5.69 Å². The quantitative estimate of drug-likeness (QED) is 0.847. The number of ether oxygens (including phenoxy) is 2. The smallest absolute Gasteiger partial charge is 0.362 e. The number of aromatic nitrogens is 2. The van der Waals surface area contributed by atoms with Crippen LogP contribution in [-0.4, -0.2) is 34.1 Å². The largest absolute Gasteiger partial charge is 0.504 e. The van der Waals surface area contributed by atoms with E-state index in [1.807, 2.05) is 6.92 Å². The van der Waals surface area contributed by atoms with Gasteiger partial charge in [-0.15, -0.1) is 0 Å². The van der Waals surface area contributed by atoms with Gasteiger partial charge in [0.1, 0.15) is 5.75 Å². The number of rotatable bonds is 5. The molecule has 6 heteroatoms. The van der Waals surface area contributed by atoms with Crippen molar-refractivity contribution < 1.29 is 19.4 Å². The van der Waals surface area contributed by atoms with Crippen molar-refractivity contribution in [1.82, 2.24) is 9.78 Å². The summed E-state index contributed by atoms with van der Waals surface area (Å²) in [5, 5.41) is 13.7. The predicted octanol–water partition coefficient (Wildman–Crippen LogP) is 2.15. The summed E-state index contributed by atoms with van der Waals surface area (Å²) < 4.78 is 11.6. The highest BCUT2D eigenvalue weighted by Crippen LogP contribution is 2.20. The minimum Gasteiger partial charge on any atom is -0.504 e. The summed E-state index contributed by atoms with van der Waals surface area (Å²) in [5.41, 5.74) is 0.611. The number of esters is 1. The molecular formula is C14H16N2O4. The Morgan fingerprint density at radius 2 is 1.95 bits per heavy atom.